The van der Waals surface area contributed by atoms with Crippen molar-refractivity contribution in [2.45, 2.75) is 96.5 Å². The molecule has 0 aromatic rings. The highest BCUT2D eigenvalue weighted by atomic mass is 16.4. The number of hydrogen-bond acceptors (Lipinski definition) is 2. The van der Waals surface area contributed by atoms with E-state index in [0.29, 0.717) is 0 Å². The Labute approximate surface area is 142 Å². The smallest absolute Gasteiger partial charge is 0.303 e. The number of hydrogen-bond donors (Lipinski definition) is 2. The molecule has 2 N–H and O–H groups in total. The Kier molecular flexibility index (Phi) is 16.4. The van der Waals surface area contributed by atoms with Crippen molar-refractivity contribution in [3.63, 3.8) is 0 Å². The molecule has 3 nitrogen and oxygen atoms in total. The van der Waals surface area contributed by atoms with Gasteiger partial charge >= 0.3 is 5.97 Å². The second-order valence-electron chi connectivity index (χ2n) is 6.24. The molecular weight excluding hydrogens is 288 g/mol. The van der Waals surface area contributed by atoms with Crippen LogP contribution in [0.4, 0.5) is 0 Å². The fourth-order valence-corrected chi connectivity index (χ4v) is 2.42. The standard InChI is InChI=1S/C20H36O3/c1-2-3-16-19(21)17-14-12-10-8-6-4-5-7-9-11-13-15-18-20(22)23/h9,11,14,17,19,21H,2-8,10,12-13,15-16,18H2,1H3,(H,22,23). The van der Waals surface area contributed by atoms with E-state index in [-0.39, 0.29) is 12.5 Å². The fourth-order valence-electron chi connectivity index (χ4n) is 2.42. The average Bonchev–Trinajstić information content (AvgIpc) is 2.52. The zero-order chi connectivity index (χ0) is 17.2. The molecule has 134 valence electrons. The maximum Gasteiger partial charge on any atom is 0.303 e. The van der Waals surface area contributed by atoms with E-state index >= 15 is 0 Å². The largest absolute Gasteiger partial charge is 0.481 e. The van der Waals surface area contributed by atoms with E-state index in [1.807, 2.05) is 6.08 Å². The third-order valence-electron chi connectivity index (χ3n) is 3.88. The lowest BCUT2D eigenvalue weighted by Crippen LogP contribution is -2.00. The van der Waals surface area contributed by atoms with Gasteiger partial charge in [0.25, 0.3) is 0 Å². The molecule has 0 aliphatic rings. The average molecular weight is 325 g/mol. The van der Waals surface area contributed by atoms with Crippen molar-refractivity contribution in [2.24, 2.45) is 0 Å². The zero-order valence-electron chi connectivity index (χ0n) is 14.9. The van der Waals surface area contributed by atoms with E-state index in [9.17, 15) is 9.90 Å². The summed E-state index contributed by atoms with van der Waals surface area (Å²) in [4.78, 5) is 10.3. The van der Waals surface area contributed by atoms with E-state index in [0.717, 1.165) is 44.9 Å². The number of unbranched alkanes of at least 4 members (excludes halogenated alkanes) is 8. The number of carboxylic acids is 1. The first kappa shape index (κ1) is 21.9. The van der Waals surface area contributed by atoms with Gasteiger partial charge < -0.3 is 10.2 Å². The first-order valence-electron chi connectivity index (χ1n) is 9.38. The molecule has 0 saturated heterocycles. The van der Waals surface area contributed by atoms with Crippen LogP contribution in [-0.2, 0) is 4.79 Å². The third kappa shape index (κ3) is 18.9. The normalized spacial score (nSPS) is 13.1. The summed E-state index contributed by atoms with van der Waals surface area (Å²) < 4.78 is 0. The second-order valence-corrected chi connectivity index (χ2v) is 6.24. The highest BCUT2D eigenvalue weighted by molar-refractivity contribution is 5.66. The lowest BCUT2D eigenvalue weighted by atomic mass is 10.1. The molecule has 0 aliphatic heterocycles. The zero-order valence-corrected chi connectivity index (χ0v) is 14.9. The number of rotatable bonds is 16. The van der Waals surface area contributed by atoms with E-state index in [2.05, 4.69) is 25.2 Å². The summed E-state index contributed by atoms with van der Waals surface area (Å²) in [6, 6.07) is 0. The summed E-state index contributed by atoms with van der Waals surface area (Å²) in [6.45, 7) is 2.14. The Morgan fingerprint density at radius 3 is 2.04 bits per heavy atom. The minimum absolute atomic E-state index is 0.253. The Bertz CT molecular complexity index is 321. The number of aliphatic carboxylic acids is 1. The van der Waals surface area contributed by atoms with Crippen molar-refractivity contribution >= 4 is 5.97 Å². The van der Waals surface area contributed by atoms with E-state index in [1.165, 1.54) is 32.1 Å². The van der Waals surface area contributed by atoms with Crippen molar-refractivity contribution in [2.75, 3.05) is 0 Å². The van der Waals surface area contributed by atoms with Crippen LogP contribution in [0.5, 0.6) is 0 Å². The molecule has 0 fully saturated rings. The number of allylic oxidation sites excluding steroid dienone is 3. The van der Waals surface area contributed by atoms with Crippen LogP contribution in [-0.4, -0.2) is 22.3 Å². The van der Waals surface area contributed by atoms with Gasteiger partial charge in [-0.15, -0.1) is 0 Å². The summed E-state index contributed by atoms with van der Waals surface area (Å²) >= 11 is 0. The topological polar surface area (TPSA) is 57.5 Å². The summed E-state index contributed by atoms with van der Waals surface area (Å²) in [6.07, 6.45) is 21.6. The molecular formula is C20H36O3. The van der Waals surface area contributed by atoms with Crippen molar-refractivity contribution in [1.82, 2.24) is 0 Å². The van der Waals surface area contributed by atoms with Crippen LogP contribution in [0.25, 0.3) is 0 Å². The third-order valence-corrected chi connectivity index (χ3v) is 3.88. The van der Waals surface area contributed by atoms with Gasteiger partial charge in [0, 0.05) is 6.42 Å². The highest BCUT2D eigenvalue weighted by Crippen LogP contribution is 2.09. The van der Waals surface area contributed by atoms with Gasteiger partial charge in [-0.3, -0.25) is 4.79 Å². The van der Waals surface area contributed by atoms with E-state index in [1.54, 1.807) is 0 Å². The fraction of sp³-hybridized carbons (Fsp3) is 0.750. The number of aliphatic hydroxyl groups excluding tert-OH is 1. The summed E-state index contributed by atoms with van der Waals surface area (Å²) in [5, 5.41) is 18.2. The van der Waals surface area contributed by atoms with Crippen molar-refractivity contribution in [3.8, 4) is 0 Å². The molecule has 0 radical (unpaired) electrons. The molecule has 1 atom stereocenters. The van der Waals surface area contributed by atoms with Crippen LogP contribution in [0.3, 0.4) is 0 Å². The Morgan fingerprint density at radius 1 is 0.870 bits per heavy atom. The van der Waals surface area contributed by atoms with Gasteiger partial charge in [0.2, 0.25) is 0 Å². The SMILES string of the molecule is CCCCC(O)C=CCCCCCCCC=CCCCC(=O)O. The first-order valence-corrected chi connectivity index (χ1v) is 9.38. The van der Waals surface area contributed by atoms with Crippen LogP contribution in [0.15, 0.2) is 24.3 Å². The van der Waals surface area contributed by atoms with Crippen molar-refractivity contribution in [1.29, 1.82) is 0 Å². The van der Waals surface area contributed by atoms with Crippen LogP contribution >= 0.6 is 0 Å². The predicted molar refractivity (Wildman–Crippen MR) is 97.6 cm³/mol. The molecule has 3 heteroatoms. The number of carbonyl (C=O) groups is 1. The summed E-state index contributed by atoms with van der Waals surface area (Å²) in [7, 11) is 0. The molecule has 0 bridgehead atoms. The Morgan fingerprint density at radius 2 is 1.43 bits per heavy atom. The molecule has 0 spiro atoms. The van der Waals surface area contributed by atoms with Crippen molar-refractivity contribution in [3.05, 3.63) is 24.3 Å². The van der Waals surface area contributed by atoms with Crippen LogP contribution in [0, 0.1) is 0 Å². The molecule has 0 saturated carbocycles. The van der Waals surface area contributed by atoms with Gasteiger partial charge in [-0.25, -0.2) is 0 Å². The maximum atomic E-state index is 10.3. The van der Waals surface area contributed by atoms with Gasteiger partial charge in [0.1, 0.15) is 0 Å². The van der Waals surface area contributed by atoms with Gasteiger partial charge in [0.05, 0.1) is 6.10 Å². The highest BCUT2D eigenvalue weighted by Gasteiger charge is 1.96. The minimum Gasteiger partial charge on any atom is -0.481 e. The molecule has 23 heavy (non-hydrogen) atoms. The lowest BCUT2D eigenvalue weighted by Gasteiger charge is -2.03. The van der Waals surface area contributed by atoms with Gasteiger partial charge in [0.15, 0.2) is 0 Å². The molecule has 0 aliphatic carbocycles. The molecule has 0 heterocycles. The van der Waals surface area contributed by atoms with Crippen LogP contribution < -0.4 is 0 Å². The number of aliphatic hydroxyl groups is 1. The van der Waals surface area contributed by atoms with Crippen LogP contribution in [0.1, 0.15) is 90.4 Å². The minimum atomic E-state index is -0.705. The van der Waals surface area contributed by atoms with Gasteiger partial charge in [-0.1, -0.05) is 63.3 Å². The van der Waals surface area contributed by atoms with E-state index < -0.39 is 5.97 Å². The lowest BCUT2D eigenvalue weighted by molar-refractivity contribution is -0.137. The predicted octanol–water partition coefficient (Wildman–Crippen LogP) is 5.64. The summed E-state index contributed by atoms with van der Waals surface area (Å²) in [5.41, 5.74) is 0. The molecule has 0 rings (SSSR count). The van der Waals surface area contributed by atoms with Crippen molar-refractivity contribution < 1.29 is 15.0 Å². The van der Waals surface area contributed by atoms with E-state index in [4.69, 9.17) is 5.11 Å². The van der Waals surface area contributed by atoms with Gasteiger partial charge in [-0.2, -0.15) is 0 Å². The Balaban J connectivity index is 3.25. The van der Waals surface area contributed by atoms with Crippen LogP contribution in [0.2, 0.25) is 0 Å². The molecule has 1 unspecified atom stereocenters. The summed E-state index contributed by atoms with van der Waals surface area (Å²) in [5.74, 6) is -0.705. The quantitative estimate of drug-likeness (QED) is 0.285. The monoisotopic (exact) mass is 324 g/mol. The number of carboxylic acid groups (broad SMARTS) is 1. The first-order chi connectivity index (χ1) is 11.2. The second kappa shape index (κ2) is 17.3. The van der Waals surface area contributed by atoms with Gasteiger partial charge in [-0.05, 0) is 44.9 Å². The molecule has 0 amide bonds. The maximum absolute atomic E-state index is 10.3. The molecule has 0 aromatic heterocycles. The molecule has 0 aromatic carbocycles. The Hall–Kier alpha value is -1.09.